The number of aromatic nitrogens is 2. The Balaban J connectivity index is 1.44. The number of fused-ring (bicyclic) bond motifs is 1. The normalized spacial score (nSPS) is 21.4. The molecule has 0 radical (unpaired) electrons. The van der Waals surface area contributed by atoms with Crippen molar-refractivity contribution in [3.05, 3.63) is 62.8 Å². The predicted molar refractivity (Wildman–Crippen MR) is 147 cm³/mol. The lowest BCUT2D eigenvalue weighted by Crippen LogP contribution is -2.21. The van der Waals surface area contributed by atoms with Gasteiger partial charge in [-0.1, -0.05) is 57.7 Å². The number of aromatic amines is 1. The number of allylic oxidation sites excluding steroid dienone is 4. The van der Waals surface area contributed by atoms with Crippen molar-refractivity contribution in [2.75, 3.05) is 11.9 Å². The molecule has 1 aromatic heterocycles. The molecule has 2 N–H and O–H groups in total. The monoisotopic (exact) mass is 513 g/mol. The first-order valence-electron chi connectivity index (χ1n) is 12.8. The Hall–Kier alpha value is -1.99. The summed E-state index contributed by atoms with van der Waals surface area (Å²) in [6.07, 6.45) is 9.96. The SMILES string of the molecule is C/C=C(\S/C(=C/CC)C1CCC(c2cc(Nc3ccc4c(c3F)C[N+](=S)CC4)n[nH]2)C1)C(C)(C)C. The lowest BCUT2D eigenvalue weighted by Gasteiger charge is -2.25. The van der Waals surface area contributed by atoms with Gasteiger partial charge in [0.15, 0.2) is 24.7 Å². The first-order valence-corrected chi connectivity index (χ1v) is 14.0. The molecule has 188 valence electrons. The van der Waals surface area contributed by atoms with Crippen LogP contribution in [0.2, 0.25) is 0 Å². The van der Waals surface area contributed by atoms with Crippen molar-refractivity contribution in [3.8, 4) is 0 Å². The Kier molecular flexibility index (Phi) is 8.16. The quantitative estimate of drug-likeness (QED) is 0.369. The Morgan fingerprint density at radius 3 is 2.86 bits per heavy atom. The van der Waals surface area contributed by atoms with E-state index in [1.165, 1.54) is 16.2 Å². The lowest BCUT2D eigenvalue weighted by molar-refractivity contribution is -0.518. The molecular formula is C28H38FN4S2+. The average molecular weight is 514 g/mol. The summed E-state index contributed by atoms with van der Waals surface area (Å²) in [6.45, 7) is 12.5. The van der Waals surface area contributed by atoms with E-state index in [1.807, 2.05) is 30.0 Å². The van der Waals surface area contributed by atoms with Crippen LogP contribution < -0.4 is 5.32 Å². The summed E-state index contributed by atoms with van der Waals surface area (Å²) in [4.78, 5) is 2.93. The molecule has 0 spiro atoms. The number of hydrogen-bond acceptors (Lipinski definition) is 4. The Bertz CT molecular complexity index is 1140. The second-order valence-electron chi connectivity index (χ2n) is 10.7. The maximum atomic E-state index is 15.2. The highest BCUT2D eigenvalue weighted by molar-refractivity contribution is 8.06. The van der Waals surface area contributed by atoms with E-state index in [0.717, 1.165) is 43.5 Å². The molecule has 0 bridgehead atoms. The minimum absolute atomic E-state index is 0.157. The molecule has 4 rings (SSSR count). The van der Waals surface area contributed by atoms with Crippen LogP contribution in [0.25, 0.3) is 0 Å². The molecule has 1 aromatic carbocycles. The van der Waals surface area contributed by atoms with E-state index < -0.39 is 0 Å². The topological polar surface area (TPSA) is 43.7 Å². The summed E-state index contributed by atoms with van der Waals surface area (Å²) in [5.74, 6) is 1.46. The Morgan fingerprint density at radius 2 is 2.14 bits per heavy atom. The fraction of sp³-hybridized carbons (Fsp3) is 0.536. The van der Waals surface area contributed by atoms with Crippen LogP contribution in [0.5, 0.6) is 0 Å². The van der Waals surface area contributed by atoms with Gasteiger partial charge in [-0.2, -0.15) is 9.04 Å². The van der Waals surface area contributed by atoms with Gasteiger partial charge >= 0.3 is 0 Å². The highest BCUT2D eigenvalue weighted by atomic mass is 32.2. The third kappa shape index (κ3) is 6.05. The molecule has 0 amide bonds. The van der Waals surface area contributed by atoms with Crippen molar-refractivity contribution in [3.63, 3.8) is 0 Å². The van der Waals surface area contributed by atoms with Crippen LogP contribution in [-0.4, -0.2) is 20.7 Å². The molecular weight excluding hydrogens is 475 g/mol. The number of halogens is 1. The highest BCUT2D eigenvalue weighted by Crippen LogP contribution is 2.49. The molecule has 1 fully saturated rings. The van der Waals surface area contributed by atoms with Crippen LogP contribution in [0.15, 0.2) is 40.2 Å². The van der Waals surface area contributed by atoms with Crippen LogP contribution in [0.1, 0.15) is 83.0 Å². The zero-order valence-corrected chi connectivity index (χ0v) is 23.2. The van der Waals surface area contributed by atoms with Gasteiger partial charge in [0.1, 0.15) is 0 Å². The van der Waals surface area contributed by atoms with Gasteiger partial charge in [-0.3, -0.25) is 5.10 Å². The van der Waals surface area contributed by atoms with E-state index in [-0.39, 0.29) is 11.2 Å². The fourth-order valence-corrected chi connectivity index (χ4v) is 6.73. The number of thioether (sulfide) groups is 1. The molecule has 2 aromatic rings. The smallest absolute Gasteiger partial charge is 0.263 e. The van der Waals surface area contributed by atoms with Gasteiger partial charge in [-0.15, -0.1) is 0 Å². The van der Waals surface area contributed by atoms with Gasteiger partial charge < -0.3 is 5.32 Å². The van der Waals surface area contributed by atoms with Crippen molar-refractivity contribution in [2.24, 2.45) is 11.3 Å². The van der Waals surface area contributed by atoms with E-state index in [1.54, 1.807) is 3.95 Å². The molecule has 4 nitrogen and oxygen atoms in total. The number of nitrogens with zero attached hydrogens (tertiary/aromatic N) is 2. The van der Waals surface area contributed by atoms with Crippen molar-refractivity contribution < 1.29 is 8.34 Å². The molecule has 1 aliphatic carbocycles. The molecule has 2 heterocycles. The van der Waals surface area contributed by atoms with E-state index in [2.05, 4.69) is 62.3 Å². The Morgan fingerprint density at radius 1 is 1.34 bits per heavy atom. The van der Waals surface area contributed by atoms with Crippen LogP contribution in [0.3, 0.4) is 0 Å². The van der Waals surface area contributed by atoms with Gasteiger partial charge in [0.05, 0.1) is 11.3 Å². The number of benzene rings is 1. The first kappa shape index (κ1) is 26.1. The number of hydrogen-bond donors (Lipinski definition) is 2. The van der Waals surface area contributed by atoms with E-state index in [0.29, 0.717) is 35.4 Å². The van der Waals surface area contributed by atoms with Gasteiger partial charge in [0.2, 0.25) is 0 Å². The number of anilines is 2. The molecule has 0 saturated heterocycles. The summed E-state index contributed by atoms with van der Waals surface area (Å²) < 4.78 is 16.9. The zero-order chi connectivity index (χ0) is 25.2. The summed E-state index contributed by atoms with van der Waals surface area (Å²) >= 11 is 7.24. The summed E-state index contributed by atoms with van der Waals surface area (Å²) in [7, 11) is 0. The number of rotatable bonds is 7. The van der Waals surface area contributed by atoms with E-state index in [9.17, 15) is 0 Å². The van der Waals surface area contributed by atoms with Crippen LogP contribution in [0.4, 0.5) is 15.9 Å². The van der Waals surface area contributed by atoms with Crippen LogP contribution in [-0.2, 0) is 25.4 Å². The second-order valence-corrected chi connectivity index (χ2v) is 12.4. The molecule has 2 atom stereocenters. The summed E-state index contributed by atoms with van der Waals surface area (Å²) in [5.41, 5.74) is 3.50. The maximum absolute atomic E-state index is 15.2. The van der Waals surface area contributed by atoms with Crippen LogP contribution >= 0.6 is 11.8 Å². The van der Waals surface area contributed by atoms with Crippen LogP contribution in [0, 0.1) is 17.2 Å². The second kappa shape index (κ2) is 11.0. The van der Waals surface area contributed by atoms with E-state index >= 15 is 4.39 Å². The Labute approximate surface area is 219 Å². The summed E-state index contributed by atoms with van der Waals surface area (Å²) in [6, 6.07) is 5.88. The lowest BCUT2D eigenvalue weighted by atomic mass is 9.96. The van der Waals surface area contributed by atoms with Gasteiger partial charge in [-0.05, 0) is 65.4 Å². The zero-order valence-electron chi connectivity index (χ0n) is 21.6. The van der Waals surface area contributed by atoms with Crippen molar-refractivity contribution in [1.29, 1.82) is 0 Å². The van der Waals surface area contributed by atoms with Crippen molar-refractivity contribution >= 4 is 35.7 Å². The molecule has 1 aliphatic heterocycles. The highest BCUT2D eigenvalue weighted by Gasteiger charge is 2.31. The minimum Gasteiger partial charge on any atom is -0.336 e. The molecule has 35 heavy (non-hydrogen) atoms. The van der Waals surface area contributed by atoms with Crippen molar-refractivity contribution in [1.82, 2.24) is 10.2 Å². The largest absolute Gasteiger partial charge is 0.336 e. The molecule has 7 heteroatoms. The minimum atomic E-state index is -0.215. The molecule has 1 saturated carbocycles. The van der Waals surface area contributed by atoms with Crippen molar-refractivity contribution in [2.45, 2.75) is 79.2 Å². The summed E-state index contributed by atoms with van der Waals surface area (Å²) in [5, 5.41) is 10.9. The third-order valence-electron chi connectivity index (χ3n) is 7.07. The maximum Gasteiger partial charge on any atom is 0.263 e. The van der Waals surface area contributed by atoms with E-state index in [4.69, 9.17) is 12.4 Å². The van der Waals surface area contributed by atoms with Gasteiger partial charge in [0, 0.05) is 24.1 Å². The average Bonchev–Trinajstić information content (AvgIpc) is 3.48. The molecule has 2 unspecified atom stereocenters. The first-order chi connectivity index (χ1) is 16.7. The molecule has 2 aliphatic rings. The predicted octanol–water partition coefficient (Wildman–Crippen LogP) is 7.95. The van der Waals surface area contributed by atoms with Gasteiger partial charge in [-0.25, -0.2) is 4.39 Å². The third-order valence-corrected chi connectivity index (χ3v) is 9.19. The number of nitrogens with one attached hydrogen (secondary N) is 2. The number of H-pyrrole nitrogens is 1. The fourth-order valence-electron chi connectivity index (χ4n) is 5.20. The standard InChI is InChI=1S/C28H38FN4S2/c1-6-8-24(35-25(7-2)28(3,4)5)20-10-9-19(15-20)23-16-26(32-31-23)30-22-12-11-18-13-14-33(34)17-21(18)27(22)29/h7-8,11-12,16,19-20H,6,9-10,13-15,17H2,1-5H3,(H2,30,31,32)/q+1/b24-8+,25-7-. The van der Waals surface area contributed by atoms with Gasteiger partial charge in [0.25, 0.3) is 12.4 Å².